The van der Waals surface area contributed by atoms with Crippen molar-refractivity contribution in [3.63, 3.8) is 0 Å². The van der Waals surface area contributed by atoms with Crippen molar-refractivity contribution in [2.45, 2.75) is 35.9 Å². The third kappa shape index (κ3) is 4.99. The van der Waals surface area contributed by atoms with Crippen molar-refractivity contribution in [3.8, 4) is 0 Å². The van der Waals surface area contributed by atoms with E-state index < -0.39 is 5.25 Å². The third-order valence-corrected chi connectivity index (χ3v) is 5.80. The maximum absolute atomic E-state index is 13.2. The van der Waals surface area contributed by atoms with Crippen molar-refractivity contribution in [3.05, 3.63) is 66.0 Å². The van der Waals surface area contributed by atoms with Gasteiger partial charge < -0.3 is 10.1 Å². The molecule has 0 radical (unpaired) electrons. The highest BCUT2D eigenvalue weighted by Crippen LogP contribution is 2.35. The Morgan fingerprint density at radius 3 is 2.76 bits per heavy atom. The molecule has 2 aromatic carbocycles. The number of carbonyl (C=O) groups is 1. The monoisotopic (exact) mass is 413 g/mol. The number of hydrogen-bond donors (Lipinski definition) is 1. The van der Waals surface area contributed by atoms with E-state index in [2.05, 4.69) is 20.8 Å². The van der Waals surface area contributed by atoms with Gasteiger partial charge in [-0.2, -0.15) is 0 Å². The second kappa shape index (κ2) is 9.15. The molecule has 1 N–H and O–H groups in total. The van der Waals surface area contributed by atoms with Crippen LogP contribution in [0.3, 0.4) is 0 Å². The van der Waals surface area contributed by atoms with E-state index in [4.69, 9.17) is 4.74 Å². The number of aromatic nitrogens is 4. The van der Waals surface area contributed by atoms with Crippen molar-refractivity contribution in [1.29, 1.82) is 0 Å². The number of carbonyl (C=O) groups excluding carboxylic acids is 1. The summed E-state index contributed by atoms with van der Waals surface area (Å²) in [6, 6.07) is 15.1. The number of nitrogens with one attached hydrogen (secondary N) is 1. The largest absolute Gasteiger partial charge is 0.376 e. The SMILES string of the molecule is O=C(Nc1ccc(F)cc1)[C@H](Sc1nnnn1C[C@H]1CCCO1)c1ccccc1. The van der Waals surface area contributed by atoms with Gasteiger partial charge >= 0.3 is 0 Å². The number of ether oxygens (including phenoxy) is 1. The van der Waals surface area contributed by atoms with Crippen molar-refractivity contribution < 1.29 is 13.9 Å². The highest BCUT2D eigenvalue weighted by Gasteiger charge is 2.26. The van der Waals surface area contributed by atoms with Crippen molar-refractivity contribution in [1.82, 2.24) is 20.2 Å². The predicted molar refractivity (Wildman–Crippen MR) is 107 cm³/mol. The molecule has 29 heavy (non-hydrogen) atoms. The van der Waals surface area contributed by atoms with Crippen LogP contribution in [0.2, 0.25) is 0 Å². The van der Waals surface area contributed by atoms with Gasteiger partial charge in [-0.1, -0.05) is 42.1 Å². The minimum atomic E-state index is -0.574. The lowest BCUT2D eigenvalue weighted by Crippen LogP contribution is -2.21. The third-order valence-electron chi connectivity index (χ3n) is 4.58. The van der Waals surface area contributed by atoms with Crippen LogP contribution in [0.25, 0.3) is 0 Å². The molecule has 0 bridgehead atoms. The number of halogens is 1. The number of tetrazole rings is 1. The number of thioether (sulfide) groups is 1. The molecule has 0 spiro atoms. The molecule has 0 unspecified atom stereocenters. The zero-order valence-corrected chi connectivity index (χ0v) is 16.4. The highest BCUT2D eigenvalue weighted by atomic mass is 32.2. The average Bonchev–Trinajstić information content (AvgIpc) is 3.41. The predicted octanol–water partition coefficient (Wildman–Crippen LogP) is 3.46. The first-order chi connectivity index (χ1) is 14.2. The second-order valence-corrected chi connectivity index (χ2v) is 7.76. The maximum atomic E-state index is 13.2. The lowest BCUT2D eigenvalue weighted by atomic mass is 10.1. The summed E-state index contributed by atoms with van der Waals surface area (Å²) in [4.78, 5) is 13.1. The van der Waals surface area contributed by atoms with Crippen molar-refractivity contribution in [2.75, 3.05) is 11.9 Å². The maximum Gasteiger partial charge on any atom is 0.242 e. The Labute approximate surface area is 171 Å². The van der Waals surface area contributed by atoms with E-state index in [0.717, 1.165) is 25.0 Å². The first-order valence-electron chi connectivity index (χ1n) is 9.35. The van der Waals surface area contributed by atoms with E-state index in [-0.39, 0.29) is 17.8 Å². The van der Waals surface area contributed by atoms with Gasteiger partial charge in [0.15, 0.2) is 0 Å². The van der Waals surface area contributed by atoms with Crippen molar-refractivity contribution in [2.24, 2.45) is 0 Å². The van der Waals surface area contributed by atoms with Crippen LogP contribution in [0.1, 0.15) is 23.7 Å². The highest BCUT2D eigenvalue weighted by molar-refractivity contribution is 8.00. The number of amides is 1. The first kappa shape index (κ1) is 19.5. The molecule has 1 fully saturated rings. The topological polar surface area (TPSA) is 81.9 Å². The summed E-state index contributed by atoms with van der Waals surface area (Å²) in [5.74, 6) is -0.593. The molecular weight excluding hydrogens is 393 g/mol. The quantitative estimate of drug-likeness (QED) is 0.598. The van der Waals surface area contributed by atoms with Gasteiger partial charge in [-0.3, -0.25) is 4.79 Å². The molecule has 3 aromatic rings. The number of hydrogen-bond acceptors (Lipinski definition) is 6. The Morgan fingerprint density at radius 1 is 1.24 bits per heavy atom. The van der Waals surface area contributed by atoms with Crippen LogP contribution >= 0.6 is 11.8 Å². The molecule has 1 aliphatic heterocycles. The Kier molecular flexibility index (Phi) is 6.16. The number of nitrogens with zero attached hydrogens (tertiary/aromatic N) is 4. The lowest BCUT2D eigenvalue weighted by Gasteiger charge is -2.17. The number of rotatable bonds is 7. The fraction of sp³-hybridized carbons (Fsp3) is 0.300. The van der Waals surface area contributed by atoms with Gasteiger partial charge in [-0.05, 0) is 53.1 Å². The molecular formula is C20H20FN5O2S. The number of anilines is 1. The molecule has 150 valence electrons. The molecule has 0 aliphatic carbocycles. The van der Waals surface area contributed by atoms with E-state index in [1.165, 1.54) is 36.0 Å². The molecule has 0 saturated carbocycles. The standard InChI is InChI=1S/C20H20FN5O2S/c21-15-8-10-16(11-9-15)22-19(27)18(14-5-2-1-3-6-14)29-20-23-24-25-26(20)13-17-7-4-12-28-17/h1-3,5-6,8-11,17-18H,4,7,12-13H2,(H,22,27)/t17-,18-/m1/s1. The smallest absolute Gasteiger partial charge is 0.242 e. The van der Waals surface area contributed by atoms with Gasteiger partial charge in [0.25, 0.3) is 0 Å². The van der Waals surface area contributed by atoms with Crippen LogP contribution in [0.5, 0.6) is 0 Å². The summed E-state index contributed by atoms with van der Waals surface area (Å²) < 4.78 is 20.5. The van der Waals surface area contributed by atoms with E-state index in [1.807, 2.05) is 30.3 Å². The van der Waals surface area contributed by atoms with Gasteiger partial charge in [0, 0.05) is 12.3 Å². The van der Waals surface area contributed by atoms with Crippen LogP contribution in [0.15, 0.2) is 59.8 Å². The van der Waals surface area contributed by atoms with Crippen LogP contribution in [-0.4, -0.2) is 38.8 Å². The van der Waals surface area contributed by atoms with Crippen LogP contribution in [0.4, 0.5) is 10.1 Å². The molecule has 1 amide bonds. The Morgan fingerprint density at radius 2 is 2.03 bits per heavy atom. The van der Waals surface area contributed by atoms with Gasteiger partial charge in [0.2, 0.25) is 11.1 Å². The van der Waals surface area contributed by atoms with E-state index in [1.54, 1.807) is 4.68 Å². The summed E-state index contributed by atoms with van der Waals surface area (Å²) >= 11 is 1.27. The zero-order chi connectivity index (χ0) is 20.1. The second-order valence-electron chi connectivity index (χ2n) is 6.68. The number of benzene rings is 2. The van der Waals surface area contributed by atoms with Gasteiger partial charge in [0.05, 0.1) is 12.6 Å². The van der Waals surface area contributed by atoms with Crippen LogP contribution < -0.4 is 5.32 Å². The van der Waals surface area contributed by atoms with E-state index in [0.29, 0.717) is 17.4 Å². The fourth-order valence-corrected chi connectivity index (χ4v) is 4.11. The summed E-state index contributed by atoms with van der Waals surface area (Å²) in [6.45, 7) is 1.30. The molecule has 2 heterocycles. The molecule has 1 aliphatic rings. The lowest BCUT2D eigenvalue weighted by molar-refractivity contribution is -0.115. The Bertz CT molecular complexity index is 945. The summed E-state index contributed by atoms with van der Waals surface area (Å²) in [5, 5.41) is 14.8. The molecule has 1 aromatic heterocycles. The minimum absolute atomic E-state index is 0.0843. The molecule has 9 heteroatoms. The average molecular weight is 413 g/mol. The van der Waals surface area contributed by atoms with E-state index >= 15 is 0 Å². The van der Waals surface area contributed by atoms with Crippen LogP contribution in [0, 0.1) is 5.82 Å². The van der Waals surface area contributed by atoms with E-state index in [9.17, 15) is 9.18 Å². The zero-order valence-electron chi connectivity index (χ0n) is 15.6. The van der Waals surface area contributed by atoms with Gasteiger partial charge in [-0.25, -0.2) is 9.07 Å². The Hall–Kier alpha value is -2.78. The van der Waals surface area contributed by atoms with Gasteiger partial charge in [0.1, 0.15) is 11.1 Å². The normalized spacial score (nSPS) is 17.2. The Balaban J connectivity index is 1.54. The molecule has 4 rings (SSSR count). The molecule has 2 atom stereocenters. The summed E-state index contributed by atoms with van der Waals surface area (Å²) in [6.07, 6.45) is 2.08. The fourth-order valence-electron chi connectivity index (χ4n) is 3.12. The molecule has 7 nitrogen and oxygen atoms in total. The summed E-state index contributed by atoms with van der Waals surface area (Å²) in [5.41, 5.74) is 1.35. The van der Waals surface area contributed by atoms with Crippen LogP contribution in [-0.2, 0) is 16.1 Å². The van der Waals surface area contributed by atoms with Crippen molar-refractivity contribution >= 4 is 23.4 Å². The first-order valence-corrected chi connectivity index (χ1v) is 10.2. The molecule has 1 saturated heterocycles. The van der Waals surface area contributed by atoms with Gasteiger partial charge in [-0.15, -0.1) is 5.10 Å². The minimum Gasteiger partial charge on any atom is -0.376 e. The summed E-state index contributed by atoms with van der Waals surface area (Å²) in [7, 11) is 0.